The van der Waals surface area contributed by atoms with Crippen molar-refractivity contribution in [3.63, 3.8) is 0 Å². The van der Waals surface area contributed by atoms with Gasteiger partial charge in [-0.25, -0.2) is 4.52 Å². The van der Waals surface area contributed by atoms with Crippen LogP contribution in [0.15, 0.2) is 43.0 Å². The number of nitrogens with one attached hydrogen (secondary N) is 1. The van der Waals surface area contributed by atoms with E-state index in [1.165, 1.54) is 11.3 Å². The Kier molecular flexibility index (Phi) is 6.19. The van der Waals surface area contributed by atoms with Gasteiger partial charge in [0.05, 0.1) is 24.3 Å². The lowest BCUT2D eigenvalue weighted by Crippen LogP contribution is -2.44. The first-order valence-corrected chi connectivity index (χ1v) is 12.0. The molecule has 1 aliphatic rings. The number of fused-ring (bicyclic) bond motifs is 1. The number of anilines is 3. The highest BCUT2D eigenvalue weighted by Gasteiger charge is 2.17. The molecule has 0 atom stereocenters. The molecule has 0 saturated carbocycles. The average Bonchev–Trinajstić information content (AvgIpc) is 3.45. The van der Waals surface area contributed by atoms with Gasteiger partial charge in [0.1, 0.15) is 0 Å². The highest BCUT2D eigenvalue weighted by molar-refractivity contribution is 5.65. The normalized spacial score (nSPS) is 14.9. The summed E-state index contributed by atoms with van der Waals surface area (Å²) in [5.74, 6) is 1.19. The van der Waals surface area contributed by atoms with Gasteiger partial charge in [-0.15, -0.1) is 5.10 Å². The van der Waals surface area contributed by atoms with Gasteiger partial charge in [-0.1, -0.05) is 13.8 Å². The first-order chi connectivity index (χ1) is 16.5. The molecule has 4 heterocycles. The summed E-state index contributed by atoms with van der Waals surface area (Å²) in [6.45, 7) is 11.8. The Morgan fingerprint density at radius 3 is 2.65 bits per heavy atom. The van der Waals surface area contributed by atoms with Gasteiger partial charge >= 0.3 is 0 Å². The molecule has 4 aromatic rings. The quantitative estimate of drug-likeness (QED) is 0.450. The molecule has 1 N–H and O–H groups in total. The smallest absolute Gasteiger partial charge is 0.247 e. The number of likely N-dealkylation sites (N-methyl/N-ethyl adjacent to an activating group) is 1. The molecule has 0 unspecified atom stereocenters. The molecule has 5 rings (SSSR count). The molecule has 9 heteroatoms. The zero-order valence-corrected chi connectivity index (χ0v) is 20.4. The lowest BCUT2D eigenvalue weighted by Gasteiger charge is -2.35. The fourth-order valence-electron chi connectivity index (χ4n) is 4.34. The van der Waals surface area contributed by atoms with E-state index in [1.54, 1.807) is 6.20 Å². The number of rotatable bonds is 7. The van der Waals surface area contributed by atoms with E-state index in [9.17, 15) is 0 Å². The average molecular weight is 460 g/mol. The molecule has 34 heavy (non-hydrogen) atoms. The third kappa shape index (κ3) is 4.75. The number of hydrogen-bond acceptors (Lipinski definition) is 7. The fourth-order valence-corrected chi connectivity index (χ4v) is 4.34. The largest absolute Gasteiger partial charge is 0.369 e. The van der Waals surface area contributed by atoms with E-state index < -0.39 is 0 Å². The van der Waals surface area contributed by atoms with E-state index in [0.717, 1.165) is 56.1 Å². The predicted octanol–water partition coefficient (Wildman–Crippen LogP) is 3.84. The van der Waals surface area contributed by atoms with Gasteiger partial charge in [0.15, 0.2) is 5.65 Å². The van der Waals surface area contributed by atoms with Gasteiger partial charge in [0.2, 0.25) is 5.95 Å². The third-order valence-electron chi connectivity index (χ3n) is 6.41. The van der Waals surface area contributed by atoms with Crippen LogP contribution in [0, 0.1) is 12.8 Å². The van der Waals surface area contributed by atoms with Crippen LogP contribution < -0.4 is 10.2 Å². The van der Waals surface area contributed by atoms with E-state index in [2.05, 4.69) is 76.2 Å². The Labute approximate surface area is 200 Å². The number of aryl methyl sites for hydroxylation is 2. The maximum Gasteiger partial charge on any atom is 0.247 e. The summed E-state index contributed by atoms with van der Waals surface area (Å²) in [6.07, 6.45) is 8.55. The van der Waals surface area contributed by atoms with Crippen LogP contribution in [0.5, 0.6) is 0 Å². The molecule has 0 amide bonds. The summed E-state index contributed by atoms with van der Waals surface area (Å²) >= 11 is 0. The van der Waals surface area contributed by atoms with Crippen LogP contribution in [0.2, 0.25) is 0 Å². The first kappa shape index (κ1) is 22.3. The van der Waals surface area contributed by atoms with E-state index >= 15 is 0 Å². The summed E-state index contributed by atoms with van der Waals surface area (Å²) in [5, 5.41) is 12.6. The van der Waals surface area contributed by atoms with Crippen molar-refractivity contribution in [3.8, 4) is 11.3 Å². The highest BCUT2D eigenvalue weighted by Crippen LogP contribution is 2.26. The van der Waals surface area contributed by atoms with Crippen LogP contribution in [0.1, 0.15) is 25.8 Å². The lowest BCUT2D eigenvalue weighted by molar-refractivity contribution is 0.312. The van der Waals surface area contributed by atoms with E-state index in [4.69, 9.17) is 5.10 Å². The summed E-state index contributed by atoms with van der Waals surface area (Å²) in [6, 6.07) is 6.46. The van der Waals surface area contributed by atoms with Crippen molar-refractivity contribution in [1.82, 2.24) is 34.3 Å². The molecule has 3 aromatic heterocycles. The Morgan fingerprint density at radius 2 is 1.88 bits per heavy atom. The third-order valence-corrected chi connectivity index (χ3v) is 6.41. The van der Waals surface area contributed by atoms with E-state index in [0.29, 0.717) is 17.5 Å². The highest BCUT2D eigenvalue weighted by atomic mass is 15.4. The Balaban J connectivity index is 1.35. The maximum atomic E-state index is 4.72. The van der Waals surface area contributed by atoms with Crippen LogP contribution in [-0.4, -0.2) is 67.5 Å². The molecule has 0 spiro atoms. The summed E-state index contributed by atoms with van der Waals surface area (Å²) in [5.41, 5.74) is 6.06. The van der Waals surface area contributed by atoms with Crippen LogP contribution in [-0.2, 0) is 6.54 Å². The van der Waals surface area contributed by atoms with Gasteiger partial charge in [-0.2, -0.15) is 10.1 Å². The molecule has 1 fully saturated rings. The van der Waals surface area contributed by atoms with Crippen molar-refractivity contribution in [2.45, 2.75) is 33.7 Å². The van der Waals surface area contributed by atoms with E-state index in [1.807, 2.05) is 27.8 Å². The molecular formula is C25H33N9. The van der Waals surface area contributed by atoms with Crippen molar-refractivity contribution in [2.24, 2.45) is 5.92 Å². The summed E-state index contributed by atoms with van der Waals surface area (Å²) in [7, 11) is 2.18. The van der Waals surface area contributed by atoms with Gasteiger partial charge in [-0.3, -0.25) is 9.67 Å². The molecular weight excluding hydrogens is 426 g/mol. The molecule has 1 saturated heterocycles. The molecule has 1 aromatic carbocycles. The maximum absolute atomic E-state index is 4.72. The molecule has 0 radical (unpaired) electrons. The Bertz CT molecular complexity index is 1260. The van der Waals surface area contributed by atoms with Crippen LogP contribution in [0.25, 0.3) is 16.9 Å². The molecule has 178 valence electrons. The number of aromatic nitrogens is 6. The minimum Gasteiger partial charge on any atom is -0.369 e. The van der Waals surface area contributed by atoms with Crippen molar-refractivity contribution in [2.75, 3.05) is 43.4 Å². The monoisotopic (exact) mass is 459 g/mol. The van der Waals surface area contributed by atoms with Gasteiger partial charge in [-0.05, 0) is 50.1 Å². The van der Waals surface area contributed by atoms with Crippen LogP contribution in [0.3, 0.4) is 0 Å². The Hall–Kier alpha value is -3.46. The first-order valence-electron chi connectivity index (χ1n) is 12.0. The molecule has 0 bridgehead atoms. The number of benzene rings is 1. The topological polar surface area (TPSA) is 79.4 Å². The number of nitrogens with zero attached hydrogens (tertiary/aromatic N) is 8. The fraction of sp³-hybridized carbons (Fsp3) is 0.440. The number of hydrogen-bond donors (Lipinski definition) is 1. The summed E-state index contributed by atoms with van der Waals surface area (Å²) in [4.78, 5) is 13.9. The Morgan fingerprint density at radius 1 is 1.06 bits per heavy atom. The zero-order valence-electron chi connectivity index (χ0n) is 20.4. The van der Waals surface area contributed by atoms with Crippen LogP contribution >= 0.6 is 0 Å². The SMILES string of the molecule is Cc1cc(Nc2nc3cncc(-c4cnn(CCC(C)C)c4)n3n2)ccc1N1CCN(C)CC1. The van der Waals surface area contributed by atoms with Crippen molar-refractivity contribution < 1.29 is 0 Å². The standard InChI is InChI=1S/C25H33N9/c1-18(2)7-8-33-17-20(14-27-33)23-15-26-16-24-29-25(30-34(23)24)28-21-5-6-22(19(3)13-21)32-11-9-31(4)10-12-32/h5-6,13-18H,7-12H2,1-4H3,(H,28,30). The van der Waals surface area contributed by atoms with Crippen molar-refractivity contribution >= 4 is 23.0 Å². The second kappa shape index (κ2) is 9.42. The van der Waals surface area contributed by atoms with E-state index in [-0.39, 0.29) is 0 Å². The van der Waals surface area contributed by atoms with Gasteiger partial charge in [0.25, 0.3) is 0 Å². The second-order valence-corrected chi connectivity index (χ2v) is 9.59. The van der Waals surface area contributed by atoms with Gasteiger partial charge < -0.3 is 15.1 Å². The molecule has 0 aliphatic carbocycles. The molecule has 9 nitrogen and oxygen atoms in total. The van der Waals surface area contributed by atoms with Crippen LogP contribution in [0.4, 0.5) is 17.3 Å². The van der Waals surface area contributed by atoms with Gasteiger partial charge in [0, 0.05) is 55.9 Å². The predicted molar refractivity (Wildman–Crippen MR) is 136 cm³/mol. The second-order valence-electron chi connectivity index (χ2n) is 9.59. The zero-order chi connectivity index (χ0) is 23.7. The van der Waals surface area contributed by atoms with Crippen molar-refractivity contribution in [3.05, 3.63) is 48.5 Å². The number of piperazine rings is 1. The summed E-state index contributed by atoms with van der Waals surface area (Å²) < 4.78 is 3.81. The van der Waals surface area contributed by atoms with Crippen molar-refractivity contribution in [1.29, 1.82) is 0 Å². The minimum atomic E-state index is 0.549. The minimum absolute atomic E-state index is 0.549. The molecule has 1 aliphatic heterocycles. The lowest BCUT2D eigenvalue weighted by atomic mass is 10.1.